The lowest BCUT2D eigenvalue weighted by atomic mass is 9.78. The van der Waals surface area contributed by atoms with Crippen molar-refractivity contribution >= 4 is 10.8 Å². The first-order chi connectivity index (χ1) is 11.2. The van der Waals surface area contributed by atoms with E-state index >= 15 is 0 Å². The van der Waals surface area contributed by atoms with Crippen LogP contribution in [-0.2, 0) is 6.42 Å². The van der Waals surface area contributed by atoms with E-state index in [9.17, 15) is 4.39 Å². The molecule has 2 aromatic carbocycles. The number of hydrogen-bond donors (Lipinski definition) is 0. The summed E-state index contributed by atoms with van der Waals surface area (Å²) in [6, 6.07) is 10.2. The summed E-state index contributed by atoms with van der Waals surface area (Å²) in [5, 5.41) is 1.77. The Balaban J connectivity index is 1.87. The zero-order valence-corrected chi connectivity index (χ0v) is 13.7. The van der Waals surface area contributed by atoms with Gasteiger partial charge in [-0.05, 0) is 66.9 Å². The van der Waals surface area contributed by atoms with Crippen LogP contribution in [0.25, 0.3) is 10.8 Å². The summed E-state index contributed by atoms with van der Waals surface area (Å²) in [6.45, 7) is 7.65. The van der Waals surface area contributed by atoms with Gasteiger partial charge in [0.15, 0.2) is 0 Å². The minimum absolute atomic E-state index is 0.0141. The lowest BCUT2D eigenvalue weighted by Crippen LogP contribution is -2.12. The normalized spacial score (nSPS) is 21.3. The van der Waals surface area contributed by atoms with Crippen molar-refractivity contribution in [2.45, 2.75) is 44.4 Å². The van der Waals surface area contributed by atoms with Gasteiger partial charge in [0.05, 0.1) is 0 Å². The fourth-order valence-corrected chi connectivity index (χ4v) is 3.76. The van der Waals surface area contributed by atoms with Gasteiger partial charge in [-0.2, -0.15) is 0 Å². The van der Waals surface area contributed by atoms with E-state index in [0.717, 1.165) is 54.9 Å². The molecule has 120 valence electrons. The van der Waals surface area contributed by atoms with Crippen LogP contribution in [0, 0.1) is 11.7 Å². The molecule has 3 rings (SSSR count). The molecule has 0 radical (unpaired) electrons. The van der Waals surface area contributed by atoms with Crippen molar-refractivity contribution in [2.75, 3.05) is 0 Å². The van der Waals surface area contributed by atoms with E-state index in [0.29, 0.717) is 11.8 Å². The van der Waals surface area contributed by atoms with Crippen LogP contribution in [0.1, 0.15) is 49.1 Å². The minimum atomic E-state index is -0.0141. The number of allylic oxidation sites excluding steroid dienone is 2. The van der Waals surface area contributed by atoms with Crippen molar-refractivity contribution < 1.29 is 4.39 Å². The number of rotatable bonds is 5. The van der Waals surface area contributed by atoms with E-state index in [2.05, 4.69) is 31.4 Å². The second-order valence-electron chi connectivity index (χ2n) is 6.70. The average molecular weight is 308 g/mol. The Bertz CT molecular complexity index is 705. The quantitative estimate of drug-likeness (QED) is 0.549. The maximum atomic E-state index is 15.0. The summed E-state index contributed by atoms with van der Waals surface area (Å²) in [7, 11) is 0. The highest BCUT2D eigenvalue weighted by molar-refractivity contribution is 5.84. The highest BCUT2D eigenvalue weighted by atomic mass is 19.1. The van der Waals surface area contributed by atoms with Gasteiger partial charge < -0.3 is 0 Å². The van der Waals surface area contributed by atoms with Gasteiger partial charge in [-0.25, -0.2) is 4.39 Å². The second-order valence-corrected chi connectivity index (χ2v) is 6.70. The molecule has 23 heavy (non-hydrogen) atoms. The summed E-state index contributed by atoms with van der Waals surface area (Å²) < 4.78 is 15.0. The molecule has 0 nitrogen and oxygen atoms in total. The van der Waals surface area contributed by atoms with E-state index < -0.39 is 0 Å². The predicted molar refractivity (Wildman–Crippen MR) is 97.3 cm³/mol. The molecule has 0 N–H and O–H groups in total. The molecule has 1 fully saturated rings. The Labute approximate surface area is 138 Å². The third-order valence-electron chi connectivity index (χ3n) is 5.23. The van der Waals surface area contributed by atoms with Gasteiger partial charge in [0.25, 0.3) is 0 Å². The van der Waals surface area contributed by atoms with Crippen LogP contribution >= 0.6 is 0 Å². The lowest BCUT2D eigenvalue weighted by molar-refractivity contribution is 0.369. The van der Waals surface area contributed by atoms with Crippen LogP contribution in [-0.4, -0.2) is 0 Å². The molecular formula is C22H25F. The molecule has 2 aromatic rings. The first-order valence-corrected chi connectivity index (χ1v) is 8.67. The van der Waals surface area contributed by atoms with Crippen LogP contribution in [0.4, 0.5) is 4.39 Å². The predicted octanol–water partition coefficient (Wildman–Crippen LogP) is 6.56. The number of hydrogen-bond acceptors (Lipinski definition) is 0. The van der Waals surface area contributed by atoms with Gasteiger partial charge in [0.2, 0.25) is 0 Å². The summed E-state index contributed by atoms with van der Waals surface area (Å²) in [5.41, 5.74) is 2.15. The third kappa shape index (κ3) is 3.39. The number of aryl methyl sites for hydroxylation is 1. The van der Waals surface area contributed by atoms with E-state index in [4.69, 9.17) is 0 Å². The SMILES string of the molecule is C=CCCc1ccc2c(F)c(C3CCC(C=C)CC3)ccc2c1. The maximum Gasteiger partial charge on any atom is 0.134 e. The summed E-state index contributed by atoms with van der Waals surface area (Å²) in [6.07, 6.45) is 10.3. The van der Waals surface area contributed by atoms with Crippen molar-refractivity contribution in [3.8, 4) is 0 Å². The minimum Gasteiger partial charge on any atom is -0.206 e. The van der Waals surface area contributed by atoms with Gasteiger partial charge in [0, 0.05) is 5.39 Å². The number of benzene rings is 2. The van der Waals surface area contributed by atoms with Crippen molar-refractivity contribution in [1.29, 1.82) is 0 Å². The van der Waals surface area contributed by atoms with Crippen LogP contribution in [0.2, 0.25) is 0 Å². The molecule has 0 unspecified atom stereocenters. The highest BCUT2D eigenvalue weighted by Gasteiger charge is 2.23. The van der Waals surface area contributed by atoms with Crippen LogP contribution < -0.4 is 0 Å². The van der Waals surface area contributed by atoms with Crippen LogP contribution in [0.3, 0.4) is 0 Å². The molecular weight excluding hydrogens is 283 g/mol. The van der Waals surface area contributed by atoms with Crippen LogP contribution in [0.15, 0.2) is 55.6 Å². The Morgan fingerprint density at radius 2 is 1.83 bits per heavy atom. The lowest BCUT2D eigenvalue weighted by Gasteiger charge is -2.27. The number of halogens is 1. The highest BCUT2D eigenvalue weighted by Crippen LogP contribution is 2.38. The molecule has 0 heterocycles. The van der Waals surface area contributed by atoms with E-state index in [1.807, 2.05) is 24.3 Å². The fraction of sp³-hybridized carbons (Fsp3) is 0.364. The first kappa shape index (κ1) is 16.0. The largest absolute Gasteiger partial charge is 0.206 e. The maximum absolute atomic E-state index is 15.0. The first-order valence-electron chi connectivity index (χ1n) is 8.67. The summed E-state index contributed by atoms with van der Waals surface area (Å²) in [4.78, 5) is 0. The standard InChI is InChI=1S/C22H25F/c1-3-5-6-17-9-13-21-19(15-17)12-14-20(22(21)23)18-10-7-16(4-2)8-11-18/h3-4,9,12-16,18H,1-2,5-8,10-11H2. The molecule has 0 amide bonds. The molecule has 0 aromatic heterocycles. The third-order valence-corrected chi connectivity index (χ3v) is 5.23. The molecule has 0 spiro atoms. The summed E-state index contributed by atoms with van der Waals surface area (Å²) >= 11 is 0. The molecule has 1 aliphatic rings. The van der Waals surface area contributed by atoms with Crippen molar-refractivity contribution in [1.82, 2.24) is 0 Å². The van der Waals surface area contributed by atoms with E-state index in [1.165, 1.54) is 5.56 Å². The van der Waals surface area contributed by atoms with Gasteiger partial charge in [-0.3, -0.25) is 0 Å². The Morgan fingerprint density at radius 3 is 2.52 bits per heavy atom. The molecule has 0 saturated heterocycles. The molecule has 1 saturated carbocycles. The molecule has 0 atom stereocenters. The van der Waals surface area contributed by atoms with Gasteiger partial charge in [-0.1, -0.05) is 42.5 Å². The van der Waals surface area contributed by atoms with Crippen molar-refractivity contribution in [3.63, 3.8) is 0 Å². The van der Waals surface area contributed by atoms with Crippen molar-refractivity contribution in [3.05, 3.63) is 72.6 Å². The molecule has 1 heteroatoms. The average Bonchev–Trinajstić information content (AvgIpc) is 2.60. The monoisotopic (exact) mass is 308 g/mol. The Kier molecular flexibility index (Phi) is 4.95. The Morgan fingerprint density at radius 1 is 1.04 bits per heavy atom. The van der Waals surface area contributed by atoms with Gasteiger partial charge >= 0.3 is 0 Å². The topological polar surface area (TPSA) is 0 Å². The van der Waals surface area contributed by atoms with E-state index in [1.54, 1.807) is 0 Å². The van der Waals surface area contributed by atoms with Gasteiger partial charge in [-0.15, -0.1) is 13.2 Å². The van der Waals surface area contributed by atoms with E-state index in [-0.39, 0.29) is 5.82 Å². The Hall–Kier alpha value is -1.89. The zero-order valence-electron chi connectivity index (χ0n) is 13.7. The summed E-state index contributed by atoms with van der Waals surface area (Å²) in [5.74, 6) is 0.957. The smallest absolute Gasteiger partial charge is 0.134 e. The van der Waals surface area contributed by atoms with Crippen molar-refractivity contribution in [2.24, 2.45) is 5.92 Å². The molecule has 1 aliphatic carbocycles. The second kappa shape index (κ2) is 7.12. The van der Waals surface area contributed by atoms with Gasteiger partial charge in [0.1, 0.15) is 5.82 Å². The molecule has 0 aliphatic heterocycles. The number of fused-ring (bicyclic) bond motifs is 1. The zero-order chi connectivity index (χ0) is 16.2. The fourth-order valence-electron chi connectivity index (χ4n) is 3.76. The molecule has 0 bridgehead atoms. The van der Waals surface area contributed by atoms with Crippen LogP contribution in [0.5, 0.6) is 0 Å².